The second-order valence-corrected chi connectivity index (χ2v) is 14.7. The van der Waals surface area contributed by atoms with E-state index in [4.69, 9.17) is 0 Å². The molecule has 1 N–H and O–H groups in total. The van der Waals surface area contributed by atoms with Gasteiger partial charge in [0.1, 0.15) is 5.78 Å². The fourth-order valence-electron chi connectivity index (χ4n) is 7.89. The molecule has 3 fully saturated rings. The molecular weight excluding hydrogens is 583 g/mol. The summed E-state index contributed by atoms with van der Waals surface area (Å²) < 4.78 is 0. The van der Waals surface area contributed by atoms with Crippen LogP contribution in [0.25, 0.3) is 16.8 Å². The monoisotopic (exact) mass is 641 g/mol. The number of nitrogens with one attached hydrogen (secondary N) is 1. The molecule has 0 heterocycles. The van der Waals surface area contributed by atoms with Gasteiger partial charge in [0.2, 0.25) is 0 Å². The summed E-state index contributed by atoms with van der Waals surface area (Å²) in [5.74, 6) is 0.462. The zero-order valence-electron chi connectivity index (χ0n) is 30.7. The Morgan fingerprint density at radius 1 is 0.854 bits per heavy atom. The molecule has 2 nitrogen and oxygen atoms in total. The summed E-state index contributed by atoms with van der Waals surface area (Å²) in [4.78, 5) is 12.8. The number of Topliss-reactive ketones (excluding diaryl/α,β-unsaturated/α-hetero) is 1. The number of hydrogen-bond acceptors (Lipinski definition) is 2. The predicted molar refractivity (Wildman–Crippen MR) is 207 cm³/mol. The van der Waals surface area contributed by atoms with Crippen LogP contribution in [-0.4, -0.2) is 5.78 Å². The number of ketones is 1. The van der Waals surface area contributed by atoms with Gasteiger partial charge in [0.05, 0.1) is 0 Å². The molecule has 1 unspecified atom stereocenters. The highest BCUT2D eigenvalue weighted by Crippen LogP contribution is 2.60. The number of hydrogen-bond donors (Lipinski definition) is 1. The van der Waals surface area contributed by atoms with Crippen molar-refractivity contribution in [2.24, 2.45) is 10.8 Å². The molecule has 254 valence electrons. The van der Waals surface area contributed by atoms with Crippen LogP contribution in [0.5, 0.6) is 0 Å². The summed E-state index contributed by atoms with van der Waals surface area (Å²) in [6.45, 7) is 17.2. The van der Waals surface area contributed by atoms with E-state index in [2.05, 4.69) is 118 Å². The molecule has 48 heavy (non-hydrogen) atoms. The fourth-order valence-corrected chi connectivity index (χ4v) is 7.89. The Labute approximate surface area is 291 Å². The molecule has 3 aliphatic carbocycles. The van der Waals surface area contributed by atoms with E-state index in [9.17, 15) is 4.79 Å². The van der Waals surface area contributed by atoms with Gasteiger partial charge in [-0.05, 0) is 122 Å². The molecule has 3 aliphatic rings. The first kappa shape index (κ1) is 35.7. The molecule has 3 aromatic carbocycles. The number of rotatable bonds is 14. The maximum absolute atomic E-state index is 12.8. The topological polar surface area (TPSA) is 29.1 Å². The summed E-state index contributed by atoms with van der Waals surface area (Å²) in [7, 11) is 0. The molecule has 0 bridgehead atoms. The molecule has 3 aromatic rings. The molecule has 2 heteroatoms. The molecule has 6 rings (SSSR count). The van der Waals surface area contributed by atoms with Crippen molar-refractivity contribution in [3.05, 3.63) is 124 Å². The van der Waals surface area contributed by atoms with Gasteiger partial charge in [-0.15, -0.1) is 0 Å². The summed E-state index contributed by atoms with van der Waals surface area (Å²) in [6.07, 6.45) is 15.8. The van der Waals surface area contributed by atoms with E-state index in [1.54, 1.807) is 5.57 Å². The average Bonchev–Trinajstić information content (AvgIpc) is 3.88. The fraction of sp³-hybridized carbons (Fsp3) is 0.457. The quantitative estimate of drug-likeness (QED) is 0.190. The zero-order chi connectivity index (χ0) is 34.3. The average molecular weight is 642 g/mol. The largest absolute Gasteiger partial charge is 0.379 e. The van der Waals surface area contributed by atoms with Crippen LogP contribution in [0.2, 0.25) is 0 Å². The standard InChI is InChI=1S/C44H53NO.C2H6/c1-6-11-35(12-9-15-41(46)44(7-2)26-27-44)39-14-8-13-38(28-39)33(5)45-32(4)34-20-22-37(23-21-34)42(36-18-16-31(3)17-19-36)40-29-43(30-40)24-10-25-43;1-2/h8,12-14,16-23,28,32,45H,5-7,9-11,15,24-27,29-30H2,1-4H3;1-2H3/b35-12+;. The van der Waals surface area contributed by atoms with Crippen LogP contribution >= 0.6 is 0 Å². The summed E-state index contributed by atoms with van der Waals surface area (Å²) in [6, 6.07) is 27.2. The minimum absolute atomic E-state index is 0.00918. The van der Waals surface area contributed by atoms with Crippen molar-refractivity contribution < 1.29 is 4.79 Å². The molecule has 3 saturated carbocycles. The highest BCUT2D eigenvalue weighted by molar-refractivity contribution is 5.87. The lowest BCUT2D eigenvalue weighted by molar-refractivity contribution is -0.124. The van der Waals surface area contributed by atoms with Crippen LogP contribution in [0.1, 0.15) is 151 Å². The Hall–Kier alpha value is -3.65. The van der Waals surface area contributed by atoms with Crippen molar-refractivity contribution in [1.29, 1.82) is 0 Å². The van der Waals surface area contributed by atoms with E-state index in [0.717, 1.165) is 49.8 Å². The third-order valence-electron chi connectivity index (χ3n) is 11.4. The Morgan fingerprint density at radius 3 is 2.04 bits per heavy atom. The smallest absolute Gasteiger partial charge is 0.139 e. The predicted octanol–water partition coefficient (Wildman–Crippen LogP) is 12.8. The van der Waals surface area contributed by atoms with Crippen LogP contribution in [0.3, 0.4) is 0 Å². The van der Waals surface area contributed by atoms with Gasteiger partial charge < -0.3 is 5.32 Å². The highest BCUT2D eigenvalue weighted by atomic mass is 16.1. The van der Waals surface area contributed by atoms with Gasteiger partial charge >= 0.3 is 0 Å². The molecule has 1 spiro atoms. The van der Waals surface area contributed by atoms with Crippen molar-refractivity contribution in [2.45, 2.75) is 125 Å². The number of aryl methyl sites for hydroxylation is 1. The first-order valence-corrected chi connectivity index (χ1v) is 18.9. The van der Waals surface area contributed by atoms with Gasteiger partial charge in [-0.3, -0.25) is 4.79 Å². The third kappa shape index (κ3) is 7.96. The lowest BCUT2D eigenvalue weighted by Gasteiger charge is -2.52. The van der Waals surface area contributed by atoms with Gasteiger partial charge in [0, 0.05) is 23.6 Å². The van der Waals surface area contributed by atoms with Gasteiger partial charge in [0.15, 0.2) is 0 Å². The molecule has 0 aliphatic heterocycles. The summed E-state index contributed by atoms with van der Waals surface area (Å²) in [5.41, 5.74) is 13.6. The third-order valence-corrected chi connectivity index (χ3v) is 11.4. The normalized spacial score (nSPS) is 17.7. The molecule has 0 aromatic heterocycles. The van der Waals surface area contributed by atoms with Gasteiger partial charge in [-0.2, -0.15) is 0 Å². The maximum Gasteiger partial charge on any atom is 0.139 e. The minimum Gasteiger partial charge on any atom is -0.379 e. The summed E-state index contributed by atoms with van der Waals surface area (Å²) >= 11 is 0. The Kier molecular flexibility index (Phi) is 11.7. The van der Waals surface area contributed by atoms with Crippen molar-refractivity contribution in [3.8, 4) is 0 Å². The highest BCUT2D eigenvalue weighted by Gasteiger charge is 2.47. The second kappa shape index (κ2) is 15.7. The van der Waals surface area contributed by atoms with Crippen molar-refractivity contribution in [2.75, 3.05) is 0 Å². The van der Waals surface area contributed by atoms with E-state index in [0.29, 0.717) is 17.6 Å². The number of allylic oxidation sites excluding steroid dienone is 3. The van der Waals surface area contributed by atoms with Gasteiger partial charge in [-0.25, -0.2) is 0 Å². The molecular formula is C46H59NO. The van der Waals surface area contributed by atoms with E-state index in [1.165, 1.54) is 71.1 Å². The molecule has 0 radical (unpaired) electrons. The SMILES string of the molecule is C=C(NC(C)c1ccc(C(=C2CC3(CCC3)C2)c2ccc(C)cc2)cc1)c1cccc(/C(=C/CCC(=O)C2(CC)CC2)CCC)c1.CC. The van der Waals surface area contributed by atoms with Gasteiger partial charge in [-0.1, -0.05) is 131 Å². The van der Waals surface area contributed by atoms with E-state index in [-0.39, 0.29) is 11.5 Å². The zero-order valence-corrected chi connectivity index (χ0v) is 30.7. The van der Waals surface area contributed by atoms with Crippen molar-refractivity contribution in [1.82, 2.24) is 5.32 Å². The van der Waals surface area contributed by atoms with Crippen LogP contribution in [0.4, 0.5) is 0 Å². The van der Waals surface area contributed by atoms with E-state index in [1.807, 2.05) is 13.8 Å². The lowest BCUT2D eigenvalue weighted by atomic mass is 9.53. The first-order chi connectivity index (χ1) is 23.2. The van der Waals surface area contributed by atoms with E-state index < -0.39 is 0 Å². The Morgan fingerprint density at radius 2 is 1.48 bits per heavy atom. The van der Waals surface area contributed by atoms with Crippen molar-refractivity contribution >= 4 is 22.6 Å². The number of carbonyl (C=O) groups excluding carboxylic acids is 1. The summed E-state index contributed by atoms with van der Waals surface area (Å²) in [5, 5.41) is 3.69. The number of benzene rings is 3. The first-order valence-electron chi connectivity index (χ1n) is 18.9. The van der Waals surface area contributed by atoms with Crippen LogP contribution in [0.15, 0.2) is 91.0 Å². The second-order valence-electron chi connectivity index (χ2n) is 14.7. The minimum atomic E-state index is 0.00918. The van der Waals surface area contributed by atoms with Crippen molar-refractivity contribution in [3.63, 3.8) is 0 Å². The van der Waals surface area contributed by atoms with Gasteiger partial charge in [0.25, 0.3) is 0 Å². The Bertz CT molecular complexity index is 1620. The van der Waals surface area contributed by atoms with Crippen LogP contribution in [-0.2, 0) is 4.79 Å². The lowest BCUT2D eigenvalue weighted by Crippen LogP contribution is -2.38. The molecule has 0 amide bonds. The van der Waals surface area contributed by atoms with E-state index >= 15 is 0 Å². The van der Waals surface area contributed by atoms with Crippen LogP contribution < -0.4 is 5.32 Å². The molecule has 1 atom stereocenters. The van der Waals surface area contributed by atoms with Crippen LogP contribution in [0, 0.1) is 17.8 Å². The number of carbonyl (C=O) groups is 1. The maximum atomic E-state index is 12.8. The Balaban J connectivity index is 0.00000221. The molecule has 0 saturated heterocycles.